The van der Waals surface area contributed by atoms with Crippen LogP contribution < -0.4 is 15.5 Å². The van der Waals surface area contributed by atoms with Gasteiger partial charge >= 0.3 is 0 Å². The van der Waals surface area contributed by atoms with Crippen molar-refractivity contribution in [1.82, 2.24) is 0 Å². The van der Waals surface area contributed by atoms with Gasteiger partial charge in [-0.15, -0.1) is 0 Å². The molecule has 1 aromatic rings. The van der Waals surface area contributed by atoms with Crippen LogP contribution in [0.1, 0.15) is 13.8 Å². The van der Waals surface area contributed by atoms with Crippen LogP contribution in [0.5, 0.6) is 5.75 Å². The van der Waals surface area contributed by atoms with Gasteiger partial charge in [-0.3, -0.25) is 10.3 Å². The molecule has 0 saturated carbocycles. The quantitative estimate of drug-likeness (QED) is 0.760. The number of anilines is 2. The maximum atomic E-state index is 13.5. The molecule has 1 aliphatic heterocycles. The average molecular weight is 226 g/mol. The van der Waals surface area contributed by atoms with E-state index in [1.54, 1.807) is 6.07 Å². The molecular formula is C11H15FN2O2. The first kappa shape index (κ1) is 11.0. The van der Waals surface area contributed by atoms with Crippen molar-refractivity contribution < 1.29 is 14.0 Å². The molecule has 0 unspecified atom stereocenters. The largest absolute Gasteiger partial charge is 0.489 e. The number of fused-ring (bicyclic) bond motifs is 1. The van der Waals surface area contributed by atoms with E-state index < -0.39 is 5.82 Å². The molecule has 0 spiro atoms. The Labute approximate surface area is 93.7 Å². The van der Waals surface area contributed by atoms with E-state index in [1.807, 2.05) is 13.8 Å². The predicted octanol–water partition coefficient (Wildman–Crippen LogP) is 2.38. The summed E-state index contributed by atoms with van der Waals surface area (Å²) in [5.74, 6) is 0.126. The summed E-state index contributed by atoms with van der Waals surface area (Å²) < 4.78 is 19.0. The van der Waals surface area contributed by atoms with Crippen molar-refractivity contribution in [2.24, 2.45) is 0 Å². The first-order valence-electron chi connectivity index (χ1n) is 5.05. The van der Waals surface area contributed by atoms with E-state index >= 15 is 0 Å². The molecule has 5 heteroatoms. The molecule has 88 valence electrons. The molecule has 1 aromatic carbocycles. The van der Waals surface area contributed by atoms with Crippen molar-refractivity contribution in [2.45, 2.75) is 19.4 Å². The Morgan fingerprint density at radius 2 is 2.25 bits per heavy atom. The molecule has 2 rings (SSSR count). The summed E-state index contributed by atoms with van der Waals surface area (Å²) in [7, 11) is 1.44. The molecule has 16 heavy (non-hydrogen) atoms. The Bertz CT molecular complexity index is 407. The Hall–Kier alpha value is -1.49. The summed E-state index contributed by atoms with van der Waals surface area (Å²) in [5.41, 5.74) is 3.37. The third-order valence-corrected chi connectivity index (χ3v) is 2.34. The molecule has 0 bridgehead atoms. The Morgan fingerprint density at radius 3 is 2.94 bits per heavy atom. The van der Waals surface area contributed by atoms with Crippen molar-refractivity contribution in [2.75, 3.05) is 24.5 Å². The van der Waals surface area contributed by atoms with Gasteiger partial charge in [0.1, 0.15) is 12.4 Å². The van der Waals surface area contributed by atoms with Crippen LogP contribution in [0.2, 0.25) is 0 Å². The molecule has 0 fully saturated rings. The van der Waals surface area contributed by atoms with Gasteiger partial charge in [-0.05, 0) is 19.9 Å². The highest BCUT2D eigenvalue weighted by Crippen LogP contribution is 2.36. The summed E-state index contributed by atoms with van der Waals surface area (Å²) in [4.78, 5) is 4.69. The summed E-state index contributed by atoms with van der Waals surface area (Å²) in [5, 5.41) is 3.28. The fourth-order valence-electron chi connectivity index (χ4n) is 1.62. The molecule has 0 aromatic heterocycles. The summed E-state index contributed by atoms with van der Waals surface area (Å²) in [6, 6.07) is 2.98. The van der Waals surface area contributed by atoms with Gasteiger partial charge in [0.2, 0.25) is 0 Å². The molecule has 0 aliphatic carbocycles. The second-order valence-electron chi connectivity index (χ2n) is 4.43. The normalized spacial score (nSPS) is 17.0. The standard InChI is InChI=1S/C11H15FN2O2/c1-11(2)6-16-10-4-7(12)8(14-15-3)5-9(10)13-11/h4-5,13-14H,6H2,1-3H3. The lowest BCUT2D eigenvalue weighted by atomic mass is 10.0. The first-order chi connectivity index (χ1) is 7.52. The third-order valence-electron chi connectivity index (χ3n) is 2.34. The molecule has 2 N–H and O–H groups in total. The van der Waals surface area contributed by atoms with E-state index in [0.717, 1.165) is 5.69 Å². The minimum Gasteiger partial charge on any atom is -0.489 e. The van der Waals surface area contributed by atoms with Crippen LogP contribution in [0.4, 0.5) is 15.8 Å². The molecule has 1 heterocycles. The predicted molar refractivity (Wildman–Crippen MR) is 60.2 cm³/mol. The molecule has 0 radical (unpaired) electrons. The maximum Gasteiger partial charge on any atom is 0.152 e. The SMILES string of the molecule is CONc1cc2c(cc1F)OCC(C)(C)N2. The van der Waals surface area contributed by atoms with Crippen LogP contribution in [0, 0.1) is 5.82 Å². The van der Waals surface area contributed by atoms with E-state index in [1.165, 1.54) is 13.2 Å². The zero-order chi connectivity index (χ0) is 11.8. The van der Waals surface area contributed by atoms with Gasteiger partial charge in [0, 0.05) is 6.07 Å². The van der Waals surface area contributed by atoms with E-state index in [0.29, 0.717) is 12.4 Å². The Morgan fingerprint density at radius 1 is 1.50 bits per heavy atom. The molecule has 1 aliphatic rings. The molecule has 0 amide bonds. The van der Waals surface area contributed by atoms with Gasteiger partial charge < -0.3 is 10.1 Å². The fourth-order valence-corrected chi connectivity index (χ4v) is 1.62. The van der Waals surface area contributed by atoms with Crippen LogP contribution >= 0.6 is 0 Å². The molecular weight excluding hydrogens is 211 g/mol. The fraction of sp³-hybridized carbons (Fsp3) is 0.455. The smallest absolute Gasteiger partial charge is 0.152 e. The van der Waals surface area contributed by atoms with Gasteiger partial charge in [-0.2, -0.15) is 0 Å². The minimum atomic E-state index is -0.401. The van der Waals surface area contributed by atoms with Crippen LogP contribution in [-0.2, 0) is 4.84 Å². The second-order valence-corrected chi connectivity index (χ2v) is 4.43. The number of nitrogens with one attached hydrogen (secondary N) is 2. The number of hydrogen-bond donors (Lipinski definition) is 2. The van der Waals surface area contributed by atoms with E-state index in [-0.39, 0.29) is 11.2 Å². The number of benzene rings is 1. The Kier molecular flexibility index (Phi) is 2.63. The van der Waals surface area contributed by atoms with E-state index in [9.17, 15) is 4.39 Å². The van der Waals surface area contributed by atoms with Crippen molar-refractivity contribution in [3.63, 3.8) is 0 Å². The van der Waals surface area contributed by atoms with Crippen LogP contribution in [0.15, 0.2) is 12.1 Å². The van der Waals surface area contributed by atoms with Gasteiger partial charge in [-0.25, -0.2) is 4.39 Å². The lowest BCUT2D eigenvalue weighted by Crippen LogP contribution is -2.40. The topological polar surface area (TPSA) is 42.5 Å². The molecule has 0 atom stereocenters. The van der Waals surface area contributed by atoms with Crippen molar-refractivity contribution in [3.8, 4) is 5.75 Å². The second kappa shape index (κ2) is 3.83. The zero-order valence-corrected chi connectivity index (χ0v) is 9.56. The summed E-state index contributed by atoms with van der Waals surface area (Å²) in [6.45, 7) is 4.54. The number of ether oxygens (including phenoxy) is 1. The van der Waals surface area contributed by atoms with Gasteiger partial charge in [0.25, 0.3) is 0 Å². The molecule has 4 nitrogen and oxygen atoms in total. The van der Waals surface area contributed by atoms with Gasteiger partial charge in [0.05, 0.1) is 24.0 Å². The monoisotopic (exact) mass is 226 g/mol. The van der Waals surface area contributed by atoms with Crippen LogP contribution in [0.25, 0.3) is 0 Å². The number of rotatable bonds is 2. The zero-order valence-electron chi connectivity index (χ0n) is 9.56. The highest BCUT2D eigenvalue weighted by atomic mass is 19.1. The number of hydrogen-bond acceptors (Lipinski definition) is 4. The number of halogens is 1. The van der Waals surface area contributed by atoms with Gasteiger partial charge in [0.15, 0.2) is 5.82 Å². The summed E-state index contributed by atoms with van der Waals surface area (Å²) in [6.07, 6.45) is 0. The average Bonchev–Trinajstić information content (AvgIpc) is 2.19. The van der Waals surface area contributed by atoms with Crippen LogP contribution in [-0.4, -0.2) is 19.3 Å². The minimum absolute atomic E-state index is 0.158. The van der Waals surface area contributed by atoms with E-state index in [2.05, 4.69) is 10.8 Å². The lowest BCUT2D eigenvalue weighted by Gasteiger charge is -2.33. The summed E-state index contributed by atoms with van der Waals surface area (Å²) >= 11 is 0. The first-order valence-corrected chi connectivity index (χ1v) is 5.05. The molecule has 0 saturated heterocycles. The maximum absolute atomic E-state index is 13.5. The lowest BCUT2D eigenvalue weighted by molar-refractivity contribution is 0.240. The van der Waals surface area contributed by atoms with E-state index in [4.69, 9.17) is 9.57 Å². The Balaban J connectivity index is 2.36. The highest BCUT2D eigenvalue weighted by molar-refractivity contribution is 5.67. The third kappa shape index (κ3) is 2.04. The van der Waals surface area contributed by atoms with Crippen LogP contribution in [0.3, 0.4) is 0 Å². The van der Waals surface area contributed by atoms with Crippen molar-refractivity contribution >= 4 is 11.4 Å². The van der Waals surface area contributed by atoms with Crippen molar-refractivity contribution in [1.29, 1.82) is 0 Å². The van der Waals surface area contributed by atoms with Gasteiger partial charge in [-0.1, -0.05) is 0 Å². The van der Waals surface area contributed by atoms with Crippen molar-refractivity contribution in [3.05, 3.63) is 17.9 Å². The highest BCUT2D eigenvalue weighted by Gasteiger charge is 2.26.